The molecule has 7 heteroatoms. The molecule has 0 radical (unpaired) electrons. The molecule has 1 aromatic rings. The second kappa shape index (κ2) is 4.30. The lowest BCUT2D eigenvalue weighted by molar-refractivity contribution is 0.0941. The second-order valence-corrected chi connectivity index (χ2v) is 3.76. The number of hydrogen-bond acceptors (Lipinski definition) is 3. The number of amides is 3. The van der Waals surface area contributed by atoms with Gasteiger partial charge in [0.15, 0.2) is 0 Å². The zero-order valence-electron chi connectivity index (χ0n) is 7.26. The average Bonchev–Trinajstić information content (AvgIpc) is 2.44. The molecule has 0 fully saturated rings. The van der Waals surface area contributed by atoms with Gasteiger partial charge in [-0.05, 0) is 17.9 Å². The minimum Gasteiger partial charge on any atom is -0.350 e. The third-order valence-corrected chi connectivity index (χ3v) is 3.10. The van der Waals surface area contributed by atoms with Crippen molar-refractivity contribution < 1.29 is 9.59 Å². The van der Waals surface area contributed by atoms with Crippen LogP contribution in [0.3, 0.4) is 0 Å². The SMILES string of the molecule is Cc1csc(C(=O)NNC(N)=O)c1Cl. The minimum atomic E-state index is -0.831. The number of hydrogen-bond donors (Lipinski definition) is 3. The Morgan fingerprint density at radius 3 is 2.57 bits per heavy atom. The van der Waals surface area contributed by atoms with Gasteiger partial charge in [-0.3, -0.25) is 10.2 Å². The van der Waals surface area contributed by atoms with Crippen molar-refractivity contribution in [2.24, 2.45) is 5.73 Å². The van der Waals surface area contributed by atoms with Crippen LogP contribution in [0.15, 0.2) is 5.38 Å². The Morgan fingerprint density at radius 2 is 2.14 bits per heavy atom. The third kappa shape index (κ3) is 2.36. The second-order valence-electron chi connectivity index (χ2n) is 2.51. The highest BCUT2D eigenvalue weighted by Gasteiger charge is 2.14. The zero-order chi connectivity index (χ0) is 10.7. The van der Waals surface area contributed by atoms with E-state index in [1.807, 2.05) is 5.43 Å². The summed E-state index contributed by atoms with van der Waals surface area (Å²) < 4.78 is 0. The average molecular weight is 234 g/mol. The minimum absolute atomic E-state index is 0.345. The van der Waals surface area contributed by atoms with E-state index >= 15 is 0 Å². The predicted molar refractivity (Wildman–Crippen MR) is 54.3 cm³/mol. The molecule has 3 amide bonds. The molecule has 0 aromatic carbocycles. The molecule has 4 N–H and O–H groups in total. The summed E-state index contributed by atoms with van der Waals surface area (Å²) in [6.45, 7) is 1.79. The summed E-state index contributed by atoms with van der Waals surface area (Å²) in [5, 5.41) is 2.14. The number of carbonyl (C=O) groups is 2. The normalized spacial score (nSPS) is 9.57. The topological polar surface area (TPSA) is 84.2 Å². The van der Waals surface area contributed by atoms with Gasteiger partial charge in [-0.2, -0.15) is 0 Å². The number of halogens is 1. The Balaban J connectivity index is 2.70. The van der Waals surface area contributed by atoms with Gasteiger partial charge in [0.1, 0.15) is 4.88 Å². The molecule has 1 aromatic heterocycles. The van der Waals surface area contributed by atoms with E-state index in [0.717, 1.165) is 5.56 Å². The van der Waals surface area contributed by atoms with Gasteiger partial charge < -0.3 is 5.73 Å². The van der Waals surface area contributed by atoms with Gasteiger partial charge in [0.2, 0.25) is 0 Å². The van der Waals surface area contributed by atoms with Crippen LogP contribution in [0.2, 0.25) is 5.02 Å². The van der Waals surface area contributed by atoms with E-state index in [4.69, 9.17) is 17.3 Å². The summed E-state index contributed by atoms with van der Waals surface area (Å²) in [7, 11) is 0. The molecule has 0 aliphatic rings. The summed E-state index contributed by atoms with van der Waals surface area (Å²) in [5.74, 6) is -0.480. The molecule has 14 heavy (non-hydrogen) atoms. The van der Waals surface area contributed by atoms with E-state index in [1.54, 1.807) is 12.3 Å². The van der Waals surface area contributed by atoms with Crippen LogP contribution in [0.5, 0.6) is 0 Å². The molecular formula is C7H8ClN3O2S. The summed E-state index contributed by atoms with van der Waals surface area (Å²) >= 11 is 7.02. The highest BCUT2D eigenvalue weighted by atomic mass is 35.5. The molecule has 1 heterocycles. The van der Waals surface area contributed by atoms with Crippen LogP contribution in [0.25, 0.3) is 0 Å². The van der Waals surface area contributed by atoms with E-state index in [1.165, 1.54) is 11.3 Å². The Bertz CT molecular complexity index is 377. The molecule has 0 aliphatic carbocycles. The van der Waals surface area contributed by atoms with Crippen molar-refractivity contribution in [1.29, 1.82) is 0 Å². The molecule has 1 rings (SSSR count). The number of carbonyl (C=O) groups excluding carboxylic acids is 2. The molecule has 0 atom stereocenters. The van der Waals surface area contributed by atoms with E-state index < -0.39 is 11.9 Å². The number of hydrazine groups is 1. The maximum Gasteiger partial charge on any atom is 0.330 e. The molecular weight excluding hydrogens is 226 g/mol. The quantitative estimate of drug-likeness (QED) is 0.633. The van der Waals surface area contributed by atoms with Crippen molar-refractivity contribution in [3.05, 3.63) is 20.8 Å². The van der Waals surface area contributed by atoms with Gasteiger partial charge >= 0.3 is 6.03 Å². The fraction of sp³-hybridized carbons (Fsp3) is 0.143. The molecule has 0 saturated heterocycles. The van der Waals surface area contributed by atoms with Crippen LogP contribution >= 0.6 is 22.9 Å². The molecule has 0 saturated carbocycles. The monoisotopic (exact) mass is 233 g/mol. The molecule has 5 nitrogen and oxygen atoms in total. The van der Waals surface area contributed by atoms with Crippen molar-refractivity contribution in [3.8, 4) is 0 Å². The highest BCUT2D eigenvalue weighted by molar-refractivity contribution is 7.13. The molecule has 0 bridgehead atoms. The van der Waals surface area contributed by atoms with E-state index in [0.29, 0.717) is 9.90 Å². The predicted octanol–water partition coefficient (Wildman–Crippen LogP) is 1.02. The summed E-state index contributed by atoms with van der Waals surface area (Å²) in [5.41, 5.74) is 9.67. The van der Waals surface area contributed by atoms with Crippen LogP contribution < -0.4 is 16.6 Å². The largest absolute Gasteiger partial charge is 0.350 e. The van der Waals surface area contributed by atoms with Crippen LogP contribution in [0.1, 0.15) is 15.2 Å². The van der Waals surface area contributed by atoms with Crippen molar-refractivity contribution in [2.45, 2.75) is 6.92 Å². The maximum absolute atomic E-state index is 11.3. The number of urea groups is 1. The first-order valence-electron chi connectivity index (χ1n) is 3.61. The van der Waals surface area contributed by atoms with E-state index in [9.17, 15) is 9.59 Å². The zero-order valence-corrected chi connectivity index (χ0v) is 8.83. The van der Waals surface area contributed by atoms with E-state index in [-0.39, 0.29) is 0 Å². The first-order chi connectivity index (χ1) is 6.52. The third-order valence-electron chi connectivity index (χ3n) is 1.40. The smallest absolute Gasteiger partial charge is 0.330 e. The van der Waals surface area contributed by atoms with Gasteiger partial charge in [-0.15, -0.1) is 11.3 Å². The maximum atomic E-state index is 11.3. The summed E-state index contributed by atoms with van der Waals surface area (Å²) in [6.07, 6.45) is 0. The van der Waals surface area contributed by atoms with Gasteiger partial charge in [-0.25, -0.2) is 10.2 Å². The number of rotatable bonds is 1. The van der Waals surface area contributed by atoms with Crippen molar-refractivity contribution in [3.63, 3.8) is 0 Å². The lowest BCUT2D eigenvalue weighted by atomic mass is 10.3. The van der Waals surface area contributed by atoms with Crippen LogP contribution in [0.4, 0.5) is 4.79 Å². The molecule has 76 valence electrons. The van der Waals surface area contributed by atoms with Crippen LogP contribution in [0, 0.1) is 6.92 Å². The van der Waals surface area contributed by atoms with Crippen molar-refractivity contribution in [1.82, 2.24) is 10.9 Å². The van der Waals surface area contributed by atoms with Crippen LogP contribution in [-0.2, 0) is 0 Å². The Kier molecular flexibility index (Phi) is 3.32. The first-order valence-corrected chi connectivity index (χ1v) is 4.87. The van der Waals surface area contributed by atoms with Crippen molar-refractivity contribution >= 4 is 34.9 Å². The Labute approximate surface area is 89.2 Å². The fourth-order valence-electron chi connectivity index (χ4n) is 0.758. The summed E-state index contributed by atoms with van der Waals surface area (Å²) in [6, 6.07) is -0.831. The standard InChI is InChI=1S/C7H8ClN3O2S/c1-3-2-14-5(4(3)8)6(12)10-11-7(9)13/h2H,1H3,(H,10,12)(H3,9,11,13). The number of primary amides is 1. The number of nitrogens with two attached hydrogens (primary N) is 1. The van der Waals surface area contributed by atoms with E-state index in [2.05, 4.69) is 5.43 Å². The Hall–Kier alpha value is -1.27. The summed E-state index contributed by atoms with van der Waals surface area (Å²) in [4.78, 5) is 22.0. The van der Waals surface area contributed by atoms with Gasteiger partial charge in [0.05, 0.1) is 5.02 Å². The lowest BCUT2D eigenvalue weighted by Crippen LogP contribution is -2.44. The number of aryl methyl sites for hydroxylation is 1. The molecule has 0 unspecified atom stereocenters. The van der Waals surface area contributed by atoms with Gasteiger partial charge in [-0.1, -0.05) is 11.6 Å². The van der Waals surface area contributed by atoms with Crippen LogP contribution in [-0.4, -0.2) is 11.9 Å². The fourth-order valence-corrected chi connectivity index (χ4v) is 1.93. The van der Waals surface area contributed by atoms with Crippen molar-refractivity contribution in [2.75, 3.05) is 0 Å². The highest BCUT2D eigenvalue weighted by Crippen LogP contribution is 2.26. The Morgan fingerprint density at radius 1 is 1.50 bits per heavy atom. The van der Waals surface area contributed by atoms with Gasteiger partial charge in [0, 0.05) is 0 Å². The lowest BCUT2D eigenvalue weighted by Gasteiger charge is -2.02. The number of thiophene rings is 1. The number of nitrogens with one attached hydrogen (secondary N) is 2. The first kappa shape index (κ1) is 10.8. The molecule has 0 aliphatic heterocycles. The molecule has 0 spiro atoms. The van der Waals surface area contributed by atoms with Gasteiger partial charge in [0.25, 0.3) is 5.91 Å².